The number of nitrogens with two attached hydrogens (primary N) is 1. The van der Waals surface area contributed by atoms with Crippen LogP contribution < -0.4 is 11.1 Å². The van der Waals surface area contributed by atoms with Crippen molar-refractivity contribution in [2.45, 2.75) is 12.5 Å². The monoisotopic (exact) mass is 142 g/mol. The van der Waals surface area contributed by atoms with Crippen LogP contribution in [0.15, 0.2) is 0 Å². The van der Waals surface area contributed by atoms with Crippen molar-refractivity contribution in [1.29, 1.82) is 0 Å². The van der Waals surface area contributed by atoms with Gasteiger partial charge in [-0.2, -0.15) is 0 Å². The molecule has 2 saturated heterocycles. The van der Waals surface area contributed by atoms with Crippen molar-refractivity contribution in [3.8, 4) is 0 Å². The van der Waals surface area contributed by atoms with E-state index in [0.717, 1.165) is 19.7 Å². The molecule has 2 fully saturated rings. The van der Waals surface area contributed by atoms with Crippen LogP contribution in [0.4, 0.5) is 0 Å². The third-order valence-electron chi connectivity index (χ3n) is 2.77. The first-order valence-electron chi connectivity index (χ1n) is 3.90. The Morgan fingerprint density at radius 3 is 2.80 bits per heavy atom. The summed E-state index contributed by atoms with van der Waals surface area (Å²) in [7, 11) is 0. The second-order valence-corrected chi connectivity index (χ2v) is 3.31. The molecular weight excluding hydrogens is 128 g/mol. The van der Waals surface area contributed by atoms with Crippen molar-refractivity contribution in [3.63, 3.8) is 0 Å². The minimum Gasteiger partial charge on any atom is -0.376 e. The molecule has 2 aliphatic heterocycles. The Morgan fingerprint density at radius 1 is 1.60 bits per heavy atom. The van der Waals surface area contributed by atoms with E-state index < -0.39 is 0 Å². The summed E-state index contributed by atoms with van der Waals surface area (Å²) in [6, 6.07) is 0. The number of hydrogen-bond donors (Lipinski definition) is 2. The highest BCUT2D eigenvalue weighted by atomic mass is 16.5. The lowest BCUT2D eigenvalue weighted by Crippen LogP contribution is -2.59. The van der Waals surface area contributed by atoms with E-state index in [1.807, 2.05) is 0 Å². The quantitative estimate of drug-likeness (QED) is 0.510. The van der Waals surface area contributed by atoms with Gasteiger partial charge in [0, 0.05) is 31.7 Å². The number of hydrogen-bond acceptors (Lipinski definition) is 3. The average molecular weight is 142 g/mol. The summed E-state index contributed by atoms with van der Waals surface area (Å²) in [5, 5.41) is 3.27. The van der Waals surface area contributed by atoms with Gasteiger partial charge in [-0.1, -0.05) is 0 Å². The van der Waals surface area contributed by atoms with E-state index >= 15 is 0 Å². The van der Waals surface area contributed by atoms with Gasteiger partial charge in [0.15, 0.2) is 0 Å². The summed E-state index contributed by atoms with van der Waals surface area (Å²) in [6.07, 6.45) is 1.52. The predicted molar refractivity (Wildman–Crippen MR) is 38.7 cm³/mol. The van der Waals surface area contributed by atoms with Crippen LogP contribution in [0.3, 0.4) is 0 Å². The van der Waals surface area contributed by atoms with E-state index in [0.29, 0.717) is 18.1 Å². The van der Waals surface area contributed by atoms with Crippen molar-refractivity contribution < 1.29 is 4.74 Å². The summed E-state index contributed by atoms with van der Waals surface area (Å²) in [6.45, 7) is 3.80. The summed E-state index contributed by atoms with van der Waals surface area (Å²) in [5.74, 6) is 0. The molecule has 0 aromatic carbocycles. The van der Waals surface area contributed by atoms with Gasteiger partial charge in [0.25, 0.3) is 0 Å². The zero-order valence-corrected chi connectivity index (χ0v) is 6.10. The largest absolute Gasteiger partial charge is 0.376 e. The maximum atomic E-state index is 5.57. The molecule has 0 radical (unpaired) electrons. The fourth-order valence-corrected chi connectivity index (χ4v) is 1.91. The Labute approximate surface area is 60.9 Å². The van der Waals surface area contributed by atoms with Crippen LogP contribution in [-0.4, -0.2) is 32.3 Å². The lowest BCUT2D eigenvalue weighted by Gasteiger charge is -2.42. The number of ether oxygens (including phenoxy) is 1. The molecule has 0 aliphatic carbocycles. The van der Waals surface area contributed by atoms with Crippen LogP contribution in [0.2, 0.25) is 0 Å². The minimum atomic E-state index is 0.328. The van der Waals surface area contributed by atoms with Gasteiger partial charge in [-0.15, -0.1) is 0 Å². The molecule has 0 aromatic heterocycles. The molecule has 0 saturated carbocycles. The van der Waals surface area contributed by atoms with Gasteiger partial charge < -0.3 is 15.8 Å². The lowest BCUT2D eigenvalue weighted by molar-refractivity contribution is 0.0263. The second-order valence-electron chi connectivity index (χ2n) is 3.31. The molecule has 0 aromatic rings. The second kappa shape index (κ2) is 2.19. The fraction of sp³-hybridized carbons (Fsp3) is 1.00. The molecular formula is C7H14N2O. The molecule has 3 N–H and O–H groups in total. The maximum Gasteiger partial charge on any atom is 0.0778 e. The Morgan fingerprint density at radius 2 is 2.40 bits per heavy atom. The third-order valence-corrected chi connectivity index (χ3v) is 2.77. The smallest absolute Gasteiger partial charge is 0.0778 e. The van der Waals surface area contributed by atoms with Gasteiger partial charge in [-0.3, -0.25) is 0 Å². The summed E-state index contributed by atoms with van der Waals surface area (Å²) < 4.78 is 5.49. The highest BCUT2D eigenvalue weighted by Gasteiger charge is 2.47. The van der Waals surface area contributed by atoms with Crippen LogP contribution in [-0.2, 0) is 4.74 Å². The molecule has 1 atom stereocenters. The summed E-state index contributed by atoms with van der Waals surface area (Å²) in [4.78, 5) is 0. The van der Waals surface area contributed by atoms with E-state index in [-0.39, 0.29) is 0 Å². The van der Waals surface area contributed by atoms with Crippen LogP contribution in [0, 0.1) is 5.41 Å². The SMILES string of the molecule is NCC1OCCC12CNC2. The lowest BCUT2D eigenvalue weighted by atomic mass is 9.75. The first kappa shape index (κ1) is 6.58. The van der Waals surface area contributed by atoms with Gasteiger partial charge >= 0.3 is 0 Å². The number of rotatable bonds is 1. The molecule has 2 aliphatic rings. The molecule has 2 rings (SSSR count). The normalized spacial score (nSPS) is 36.3. The summed E-state index contributed by atoms with van der Waals surface area (Å²) >= 11 is 0. The molecule has 1 unspecified atom stereocenters. The van der Waals surface area contributed by atoms with Gasteiger partial charge in [-0.25, -0.2) is 0 Å². The maximum absolute atomic E-state index is 5.57. The van der Waals surface area contributed by atoms with Crippen LogP contribution in [0.5, 0.6) is 0 Å². The molecule has 58 valence electrons. The zero-order valence-electron chi connectivity index (χ0n) is 6.10. The van der Waals surface area contributed by atoms with Crippen molar-refractivity contribution >= 4 is 0 Å². The standard InChI is InChI=1S/C7H14N2O/c8-3-6-7(1-2-10-6)4-9-5-7/h6,9H,1-5,8H2. The van der Waals surface area contributed by atoms with E-state index in [4.69, 9.17) is 10.5 Å². The zero-order chi connectivity index (χ0) is 7.03. The molecule has 2 heterocycles. The minimum absolute atomic E-state index is 0.328. The number of nitrogens with one attached hydrogen (secondary N) is 1. The Bertz CT molecular complexity index is 134. The molecule has 1 spiro atoms. The van der Waals surface area contributed by atoms with Gasteiger partial charge in [0.1, 0.15) is 0 Å². The van der Waals surface area contributed by atoms with Crippen LogP contribution in [0.25, 0.3) is 0 Å². The van der Waals surface area contributed by atoms with Crippen molar-refractivity contribution in [3.05, 3.63) is 0 Å². The van der Waals surface area contributed by atoms with Crippen molar-refractivity contribution in [2.24, 2.45) is 11.1 Å². The first-order chi connectivity index (χ1) is 4.87. The Balaban J connectivity index is 2.05. The molecule has 10 heavy (non-hydrogen) atoms. The molecule has 0 amide bonds. The van der Waals surface area contributed by atoms with E-state index in [2.05, 4.69) is 5.32 Å². The van der Waals surface area contributed by atoms with Gasteiger partial charge in [-0.05, 0) is 6.42 Å². The van der Waals surface area contributed by atoms with E-state index in [1.165, 1.54) is 6.42 Å². The molecule has 3 nitrogen and oxygen atoms in total. The highest BCUT2D eigenvalue weighted by molar-refractivity contribution is 5.01. The Hall–Kier alpha value is -0.120. The fourth-order valence-electron chi connectivity index (χ4n) is 1.91. The first-order valence-corrected chi connectivity index (χ1v) is 3.90. The van der Waals surface area contributed by atoms with E-state index in [9.17, 15) is 0 Å². The van der Waals surface area contributed by atoms with Crippen LogP contribution in [0.1, 0.15) is 6.42 Å². The molecule has 3 heteroatoms. The summed E-state index contributed by atoms with van der Waals surface area (Å²) in [5.41, 5.74) is 5.99. The van der Waals surface area contributed by atoms with Gasteiger partial charge in [0.05, 0.1) is 6.10 Å². The Kier molecular flexibility index (Phi) is 1.44. The third kappa shape index (κ3) is 0.713. The van der Waals surface area contributed by atoms with Crippen molar-refractivity contribution in [1.82, 2.24) is 5.32 Å². The topological polar surface area (TPSA) is 47.3 Å². The molecule has 0 bridgehead atoms. The van der Waals surface area contributed by atoms with Crippen LogP contribution >= 0.6 is 0 Å². The van der Waals surface area contributed by atoms with Crippen molar-refractivity contribution in [2.75, 3.05) is 26.2 Å². The average Bonchev–Trinajstić information content (AvgIpc) is 2.27. The van der Waals surface area contributed by atoms with E-state index in [1.54, 1.807) is 0 Å². The predicted octanol–water partition coefficient (Wildman–Crippen LogP) is -0.676. The van der Waals surface area contributed by atoms with Gasteiger partial charge in [0.2, 0.25) is 0 Å². The highest BCUT2D eigenvalue weighted by Crippen LogP contribution is 2.37.